The second-order valence-electron chi connectivity index (χ2n) is 3.99. The van der Waals surface area contributed by atoms with E-state index in [1.807, 2.05) is 17.9 Å². The van der Waals surface area contributed by atoms with Gasteiger partial charge < -0.3 is 16.0 Å². The van der Waals surface area contributed by atoms with E-state index >= 15 is 0 Å². The van der Waals surface area contributed by atoms with E-state index < -0.39 is 0 Å². The number of nitrogen functional groups attached to an aromatic ring is 1. The summed E-state index contributed by atoms with van der Waals surface area (Å²) in [7, 11) is 0. The summed E-state index contributed by atoms with van der Waals surface area (Å²) in [6.07, 6.45) is 2.64. The molecule has 1 aromatic heterocycles. The van der Waals surface area contributed by atoms with Crippen LogP contribution in [0.2, 0.25) is 0 Å². The Balaban J connectivity index is 2.28. The Morgan fingerprint density at radius 2 is 2.38 bits per heavy atom. The number of nitrogens with one attached hydrogen (secondary N) is 1. The molecule has 0 bridgehead atoms. The van der Waals surface area contributed by atoms with E-state index in [1.54, 1.807) is 6.20 Å². The van der Waals surface area contributed by atoms with Crippen molar-refractivity contribution in [3.63, 3.8) is 0 Å². The molecule has 16 heavy (non-hydrogen) atoms. The fourth-order valence-corrected chi connectivity index (χ4v) is 1.79. The van der Waals surface area contributed by atoms with Gasteiger partial charge >= 0.3 is 0 Å². The van der Waals surface area contributed by atoms with E-state index in [2.05, 4.69) is 10.3 Å². The number of anilines is 2. The number of pyridine rings is 1. The number of nitrogens with zero attached hydrogens (tertiary/aromatic N) is 2. The molecule has 86 valence electrons. The topological polar surface area (TPSA) is 71.2 Å². The summed E-state index contributed by atoms with van der Waals surface area (Å²) in [6.45, 7) is 3.81. The van der Waals surface area contributed by atoms with Crippen LogP contribution in [0.5, 0.6) is 0 Å². The van der Waals surface area contributed by atoms with Crippen LogP contribution in [-0.4, -0.2) is 30.5 Å². The molecule has 0 radical (unpaired) electrons. The Kier molecular flexibility index (Phi) is 2.94. The number of amides is 1. The Morgan fingerprint density at radius 1 is 1.56 bits per heavy atom. The first-order valence-electron chi connectivity index (χ1n) is 5.41. The van der Waals surface area contributed by atoms with Crippen molar-refractivity contribution >= 4 is 17.4 Å². The SMILES string of the molecule is Cc1ccnc(N2CCCNC(=O)C2)c1N. The summed E-state index contributed by atoms with van der Waals surface area (Å²) in [5.41, 5.74) is 7.63. The summed E-state index contributed by atoms with van der Waals surface area (Å²) in [4.78, 5) is 17.6. The van der Waals surface area contributed by atoms with Gasteiger partial charge in [0.05, 0.1) is 12.2 Å². The molecule has 1 aromatic rings. The number of hydrogen-bond acceptors (Lipinski definition) is 4. The number of aryl methyl sites for hydroxylation is 1. The van der Waals surface area contributed by atoms with Crippen LogP contribution >= 0.6 is 0 Å². The highest BCUT2D eigenvalue weighted by atomic mass is 16.2. The van der Waals surface area contributed by atoms with Gasteiger partial charge in [-0.05, 0) is 25.0 Å². The van der Waals surface area contributed by atoms with E-state index in [1.165, 1.54) is 0 Å². The highest BCUT2D eigenvalue weighted by Gasteiger charge is 2.18. The Bertz CT molecular complexity index is 405. The third kappa shape index (κ3) is 2.08. The van der Waals surface area contributed by atoms with Gasteiger partial charge in [-0.25, -0.2) is 4.98 Å². The van der Waals surface area contributed by atoms with Crippen molar-refractivity contribution in [2.45, 2.75) is 13.3 Å². The molecular weight excluding hydrogens is 204 g/mol. The van der Waals surface area contributed by atoms with E-state index in [9.17, 15) is 4.79 Å². The lowest BCUT2D eigenvalue weighted by Crippen LogP contribution is -2.34. The lowest BCUT2D eigenvalue weighted by molar-refractivity contribution is -0.119. The maximum atomic E-state index is 11.4. The maximum Gasteiger partial charge on any atom is 0.239 e. The Labute approximate surface area is 94.6 Å². The number of carbonyl (C=O) groups excluding carboxylic acids is 1. The zero-order valence-electron chi connectivity index (χ0n) is 9.36. The number of aromatic nitrogens is 1. The number of carbonyl (C=O) groups is 1. The van der Waals surface area contributed by atoms with Gasteiger partial charge in [0, 0.05) is 19.3 Å². The van der Waals surface area contributed by atoms with Gasteiger partial charge in [0.1, 0.15) is 0 Å². The minimum atomic E-state index is 0.0280. The molecule has 1 aliphatic heterocycles. The standard InChI is InChI=1S/C11H16N4O/c1-8-3-5-14-11(10(8)12)15-6-2-4-13-9(16)7-15/h3,5H,2,4,6-7,12H2,1H3,(H,13,16). The molecule has 1 fully saturated rings. The zero-order chi connectivity index (χ0) is 11.5. The summed E-state index contributed by atoms with van der Waals surface area (Å²) in [5.74, 6) is 0.747. The highest BCUT2D eigenvalue weighted by Crippen LogP contribution is 2.23. The predicted octanol–water partition coefficient (Wildman–Crippen LogP) is 0.299. The van der Waals surface area contributed by atoms with Crippen LogP contribution in [0.4, 0.5) is 11.5 Å². The first-order valence-corrected chi connectivity index (χ1v) is 5.41. The third-order valence-electron chi connectivity index (χ3n) is 2.75. The van der Waals surface area contributed by atoms with Gasteiger partial charge in [-0.3, -0.25) is 4.79 Å². The molecule has 5 heteroatoms. The molecule has 0 spiro atoms. The molecule has 0 saturated carbocycles. The monoisotopic (exact) mass is 220 g/mol. The van der Waals surface area contributed by atoms with Crippen molar-refractivity contribution in [3.8, 4) is 0 Å². The van der Waals surface area contributed by atoms with Gasteiger partial charge in [0.25, 0.3) is 0 Å². The van der Waals surface area contributed by atoms with E-state index in [0.29, 0.717) is 12.2 Å². The van der Waals surface area contributed by atoms with Gasteiger partial charge in [-0.2, -0.15) is 0 Å². The molecule has 2 rings (SSSR count). The fourth-order valence-electron chi connectivity index (χ4n) is 1.79. The van der Waals surface area contributed by atoms with Crippen LogP contribution in [0.1, 0.15) is 12.0 Å². The molecule has 0 atom stereocenters. The van der Waals surface area contributed by atoms with Crippen molar-refractivity contribution in [2.24, 2.45) is 0 Å². The second kappa shape index (κ2) is 4.38. The Hall–Kier alpha value is -1.78. The minimum absolute atomic E-state index is 0.0280. The molecule has 1 aliphatic rings. The minimum Gasteiger partial charge on any atom is -0.396 e. The first-order chi connectivity index (χ1) is 7.68. The van der Waals surface area contributed by atoms with Crippen molar-refractivity contribution in [1.29, 1.82) is 0 Å². The largest absolute Gasteiger partial charge is 0.396 e. The van der Waals surface area contributed by atoms with E-state index in [-0.39, 0.29) is 5.91 Å². The van der Waals surface area contributed by atoms with Crippen LogP contribution in [0.15, 0.2) is 12.3 Å². The van der Waals surface area contributed by atoms with Gasteiger partial charge in [-0.15, -0.1) is 0 Å². The van der Waals surface area contributed by atoms with Crippen LogP contribution in [0, 0.1) is 6.92 Å². The van der Waals surface area contributed by atoms with Crippen molar-refractivity contribution in [2.75, 3.05) is 30.3 Å². The van der Waals surface area contributed by atoms with Crippen molar-refractivity contribution < 1.29 is 4.79 Å². The highest BCUT2D eigenvalue weighted by molar-refractivity contribution is 5.83. The maximum absolute atomic E-state index is 11.4. The molecule has 1 saturated heterocycles. The summed E-state index contributed by atoms with van der Waals surface area (Å²) >= 11 is 0. The molecule has 5 nitrogen and oxygen atoms in total. The molecule has 0 unspecified atom stereocenters. The fraction of sp³-hybridized carbons (Fsp3) is 0.455. The predicted molar refractivity (Wildman–Crippen MR) is 63.2 cm³/mol. The van der Waals surface area contributed by atoms with Crippen LogP contribution < -0.4 is 16.0 Å². The zero-order valence-corrected chi connectivity index (χ0v) is 9.36. The molecule has 0 aliphatic carbocycles. The van der Waals surface area contributed by atoms with Crippen molar-refractivity contribution in [1.82, 2.24) is 10.3 Å². The van der Waals surface area contributed by atoms with Gasteiger partial charge in [-0.1, -0.05) is 0 Å². The molecular formula is C11H16N4O. The van der Waals surface area contributed by atoms with Gasteiger partial charge in [0.2, 0.25) is 5.91 Å². The van der Waals surface area contributed by atoms with Crippen LogP contribution in [-0.2, 0) is 4.79 Å². The van der Waals surface area contributed by atoms with Gasteiger partial charge in [0.15, 0.2) is 5.82 Å². The lowest BCUT2D eigenvalue weighted by atomic mass is 10.2. The van der Waals surface area contributed by atoms with Crippen molar-refractivity contribution in [3.05, 3.63) is 17.8 Å². The average Bonchev–Trinajstić information content (AvgIpc) is 2.47. The second-order valence-corrected chi connectivity index (χ2v) is 3.99. The third-order valence-corrected chi connectivity index (χ3v) is 2.75. The number of rotatable bonds is 1. The van der Waals surface area contributed by atoms with Crippen LogP contribution in [0.3, 0.4) is 0 Å². The normalized spacial score (nSPS) is 16.8. The first kappa shape index (κ1) is 10.7. The van der Waals surface area contributed by atoms with E-state index in [0.717, 1.165) is 30.9 Å². The molecule has 3 N–H and O–H groups in total. The van der Waals surface area contributed by atoms with E-state index in [4.69, 9.17) is 5.73 Å². The summed E-state index contributed by atoms with van der Waals surface area (Å²) in [6, 6.07) is 1.87. The number of nitrogens with two attached hydrogens (primary N) is 1. The quantitative estimate of drug-likeness (QED) is 0.714. The smallest absolute Gasteiger partial charge is 0.239 e. The van der Waals surface area contributed by atoms with Crippen LogP contribution in [0.25, 0.3) is 0 Å². The summed E-state index contributed by atoms with van der Waals surface area (Å²) < 4.78 is 0. The lowest BCUT2D eigenvalue weighted by Gasteiger charge is -2.22. The molecule has 1 amide bonds. The Morgan fingerprint density at radius 3 is 3.19 bits per heavy atom. The average molecular weight is 220 g/mol. The number of hydrogen-bond donors (Lipinski definition) is 2. The molecule has 2 heterocycles. The summed E-state index contributed by atoms with van der Waals surface area (Å²) in [5, 5.41) is 2.83. The molecule has 0 aromatic carbocycles.